The number of carbonyl (C=O) groups is 1. The van der Waals surface area contributed by atoms with E-state index >= 15 is 0 Å². The summed E-state index contributed by atoms with van der Waals surface area (Å²) in [6.07, 6.45) is 1.72. The van der Waals surface area contributed by atoms with E-state index in [2.05, 4.69) is 31.1 Å². The lowest BCUT2D eigenvalue weighted by atomic mass is 9.88. The van der Waals surface area contributed by atoms with Crippen molar-refractivity contribution in [2.45, 2.75) is 32.2 Å². The summed E-state index contributed by atoms with van der Waals surface area (Å²) in [4.78, 5) is 13.4. The van der Waals surface area contributed by atoms with E-state index < -0.39 is 6.04 Å². The Morgan fingerprint density at radius 1 is 1.04 bits per heavy atom. The minimum atomic E-state index is -0.712. The molecule has 0 bridgehead atoms. The average Bonchev–Trinajstić information content (AvgIpc) is 3.31. The largest absolute Gasteiger partial charge is 0.466 e. The molecule has 0 saturated heterocycles. The standard InChI is InChI=1S/C22H21N3O2/c1-22(2,3)16-13-19(27-14-16)20(21(26)15-9-5-4-6-10-15)25-18-12-8-7-11-17(18)23-24-25/h4-14,20H,1-3H3. The second-order valence-corrected chi connectivity index (χ2v) is 7.64. The van der Waals surface area contributed by atoms with Crippen LogP contribution in [0.25, 0.3) is 11.0 Å². The van der Waals surface area contributed by atoms with E-state index in [1.54, 1.807) is 10.9 Å². The van der Waals surface area contributed by atoms with Crippen LogP contribution in [-0.2, 0) is 5.41 Å². The molecule has 5 heteroatoms. The lowest BCUT2D eigenvalue weighted by Gasteiger charge is -2.16. The maximum absolute atomic E-state index is 13.4. The van der Waals surface area contributed by atoms with Crippen molar-refractivity contribution in [3.8, 4) is 0 Å². The number of nitrogens with zero attached hydrogens (tertiary/aromatic N) is 3. The van der Waals surface area contributed by atoms with Crippen molar-refractivity contribution in [3.05, 3.63) is 83.8 Å². The third kappa shape index (κ3) is 3.16. The molecule has 5 nitrogen and oxygen atoms in total. The van der Waals surface area contributed by atoms with E-state index in [1.807, 2.05) is 60.7 Å². The maximum atomic E-state index is 13.4. The summed E-state index contributed by atoms with van der Waals surface area (Å²) in [5.41, 5.74) is 3.10. The Bertz CT molecular complexity index is 1090. The zero-order valence-electron chi connectivity index (χ0n) is 15.6. The molecule has 0 radical (unpaired) electrons. The van der Waals surface area contributed by atoms with Crippen molar-refractivity contribution >= 4 is 16.8 Å². The van der Waals surface area contributed by atoms with Crippen molar-refractivity contribution in [3.63, 3.8) is 0 Å². The molecule has 2 heterocycles. The molecular formula is C22H21N3O2. The molecule has 0 amide bonds. The summed E-state index contributed by atoms with van der Waals surface area (Å²) < 4.78 is 7.51. The van der Waals surface area contributed by atoms with Crippen LogP contribution in [0.15, 0.2) is 71.3 Å². The summed E-state index contributed by atoms with van der Waals surface area (Å²) in [6.45, 7) is 6.33. The molecule has 1 atom stereocenters. The number of para-hydroxylation sites is 1. The monoisotopic (exact) mass is 359 g/mol. The summed E-state index contributed by atoms with van der Waals surface area (Å²) >= 11 is 0. The van der Waals surface area contributed by atoms with Gasteiger partial charge in [-0.25, -0.2) is 4.68 Å². The molecule has 0 N–H and O–H groups in total. The van der Waals surface area contributed by atoms with Gasteiger partial charge in [0.1, 0.15) is 11.3 Å². The second kappa shape index (κ2) is 6.50. The smallest absolute Gasteiger partial charge is 0.195 e. The van der Waals surface area contributed by atoms with Crippen LogP contribution in [0, 0.1) is 0 Å². The Labute approximate surface area is 157 Å². The van der Waals surface area contributed by atoms with E-state index in [0.717, 1.165) is 16.6 Å². The first-order chi connectivity index (χ1) is 12.9. The van der Waals surface area contributed by atoms with Crippen LogP contribution in [0.4, 0.5) is 0 Å². The number of carbonyl (C=O) groups excluding carboxylic acids is 1. The van der Waals surface area contributed by atoms with Gasteiger partial charge in [-0.05, 0) is 29.2 Å². The molecule has 0 aliphatic heterocycles. The van der Waals surface area contributed by atoms with Gasteiger partial charge in [-0.15, -0.1) is 5.10 Å². The van der Waals surface area contributed by atoms with Crippen molar-refractivity contribution in [2.75, 3.05) is 0 Å². The van der Waals surface area contributed by atoms with Gasteiger partial charge in [0.15, 0.2) is 11.8 Å². The molecule has 27 heavy (non-hydrogen) atoms. The minimum Gasteiger partial charge on any atom is -0.466 e. The minimum absolute atomic E-state index is 0.0769. The summed E-state index contributed by atoms with van der Waals surface area (Å²) in [5.74, 6) is 0.477. The molecular weight excluding hydrogens is 338 g/mol. The molecule has 0 aliphatic carbocycles. The van der Waals surface area contributed by atoms with E-state index in [1.165, 1.54) is 0 Å². The predicted octanol–water partition coefficient (Wildman–Crippen LogP) is 4.79. The number of Topliss-reactive ketones (excluding diaryl/α,β-unsaturated/α-hetero) is 1. The van der Waals surface area contributed by atoms with Gasteiger partial charge in [0.05, 0.1) is 11.8 Å². The Morgan fingerprint density at radius 3 is 2.44 bits per heavy atom. The van der Waals surface area contributed by atoms with Crippen LogP contribution in [0.3, 0.4) is 0 Å². The first-order valence-corrected chi connectivity index (χ1v) is 8.93. The fourth-order valence-electron chi connectivity index (χ4n) is 3.09. The summed E-state index contributed by atoms with van der Waals surface area (Å²) in [6, 6.07) is 18.1. The molecule has 4 aromatic rings. The van der Waals surface area contributed by atoms with Gasteiger partial charge in [-0.3, -0.25) is 4.79 Å². The van der Waals surface area contributed by atoms with Crippen LogP contribution in [0.1, 0.15) is 48.5 Å². The molecule has 136 valence electrons. The number of fused-ring (bicyclic) bond motifs is 1. The van der Waals surface area contributed by atoms with Crippen molar-refractivity contribution < 1.29 is 9.21 Å². The van der Waals surface area contributed by atoms with Crippen LogP contribution < -0.4 is 0 Å². The van der Waals surface area contributed by atoms with Gasteiger partial charge in [-0.2, -0.15) is 0 Å². The van der Waals surface area contributed by atoms with E-state index in [4.69, 9.17) is 4.42 Å². The summed E-state index contributed by atoms with van der Waals surface area (Å²) in [5, 5.41) is 8.49. The van der Waals surface area contributed by atoms with Crippen molar-refractivity contribution in [1.29, 1.82) is 0 Å². The highest BCUT2D eigenvalue weighted by Crippen LogP contribution is 2.31. The van der Waals surface area contributed by atoms with Crippen LogP contribution in [0.5, 0.6) is 0 Å². The second-order valence-electron chi connectivity index (χ2n) is 7.64. The number of benzene rings is 2. The Hall–Kier alpha value is -3.21. The highest BCUT2D eigenvalue weighted by Gasteiger charge is 2.31. The first kappa shape index (κ1) is 17.2. The van der Waals surface area contributed by atoms with E-state index in [-0.39, 0.29) is 11.2 Å². The van der Waals surface area contributed by atoms with Crippen LogP contribution >= 0.6 is 0 Å². The van der Waals surface area contributed by atoms with Gasteiger partial charge in [-0.1, -0.05) is 68.4 Å². The quantitative estimate of drug-likeness (QED) is 0.491. The van der Waals surface area contributed by atoms with Crippen LogP contribution in [0.2, 0.25) is 0 Å². The highest BCUT2D eigenvalue weighted by molar-refractivity contribution is 6.01. The fraction of sp³-hybridized carbons (Fsp3) is 0.227. The van der Waals surface area contributed by atoms with Crippen molar-refractivity contribution in [2.24, 2.45) is 0 Å². The highest BCUT2D eigenvalue weighted by atomic mass is 16.3. The Balaban J connectivity index is 1.88. The van der Waals surface area contributed by atoms with Gasteiger partial charge in [0, 0.05) is 5.56 Å². The fourth-order valence-corrected chi connectivity index (χ4v) is 3.09. The molecule has 1 unspecified atom stereocenters. The zero-order chi connectivity index (χ0) is 19.0. The van der Waals surface area contributed by atoms with Gasteiger partial charge >= 0.3 is 0 Å². The summed E-state index contributed by atoms with van der Waals surface area (Å²) in [7, 11) is 0. The number of hydrogen-bond acceptors (Lipinski definition) is 4. The lowest BCUT2D eigenvalue weighted by Crippen LogP contribution is -2.22. The molecule has 4 rings (SSSR count). The molecule has 0 fully saturated rings. The van der Waals surface area contributed by atoms with Crippen LogP contribution in [-0.4, -0.2) is 20.8 Å². The molecule has 2 aromatic carbocycles. The topological polar surface area (TPSA) is 60.9 Å². The van der Waals surface area contributed by atoms with Crippen molar-refractivity contribution in [1.82, 2.24) is 15.0 Å². The number of aromatic nitrogens is 3. The molecule has 2 aromatic heterocycles. The normalized spacial score (nSPS) is 13.0. The predicted molar refractivity (Wildman–Crippen MR) is 104 cm³/mol. The lowest BCUT2D eigenvalue weighted by molar-refractivity contribution is 0.0929. The van der Waals surface area contributed by atoms with E-state index in [0.29, 0.717) is 11.3 Å². The van der Waals surface area contributed by atoms with Gasteiger partial charge in [0.2, 0.25) is 0 Å². The molecule has 0 aliphatic rings. The SMILES string of the molecule is CC(C)(C)c1coc(C(C(=O)c2ccccc2)n2nnc3ccccc32)c1. The molecule has 0 spiro atoms. The van der Waals surface area contributed by atoms with Gasteiger partial charge < -0.3 is 4.42 Å². The third-order valence-electron chi connectivity index (χ3n) is 4.68. The van der Waals surface area contributed by atoms with Gasteiger partial charge in [0.25, 0.3) is 0 Å². The number of ketones is 1. The van der Waals surface area contributed by atoms with E-state index in [9.17, 15) is 4.79 Å². The molecule has 0 saturated carbocycles. The maximum Gasteiger partial charge on any atom is 0.195 e. The number of hydrogen-bond donors (Lipinski definition) is 0. The first-order valence-electron chi connectivity index (χ1n) is 8.93. The number of furan rings is 1. The Kier molecular flexibility index (Phi) is 4.15. The third-order valence-corrected chi connectivity index (χ3v) is 4.68. The average molecular weight is 359 g/mol. The Morgan fingerprint density at radius 2 is 1.74 bits per heavy atom. The number of rotatable bonds is 4. The zero-order valence-corrected chi connectivity index (χ0v) is 15.6.